The van der Waals surface area contributed by atoms with E-state index in [-0.39, 0.29) is 6.04 Å². The smallest absolute Gasteiger partial charge is 0.223 e. The molecule has 0 bridgehead atoms. The van der Waals surface area contributed by atoms with E-state index in [1.165, 1.54) is 0 Å². The molecule has 0 aliphatic carbocycles. The summed E-state index contributed by atoms with van der Waals surface area (Å²) in [5.41, 5.74) is 1.04. The van der Waals surface area contributed by atoms with Crippen molar-refractivity contribution in [2.45, 2.75) is 13.0 Å². The van der Waals surface area contributed by atoms with Crippen molar-refractivity contribution in [3.63, 3.8) is 0 Å². The van der Waals surface area contributed by atoms with Gasteiger partial charge in [-0.1, -0.05) is 22.0 Å². The summed E-state index contributed by atoms with van der Waals surface area (Å²) >= 11 is 3.40. The maximum absolute atomic E-state index is 5.82. The second kappa shape index (κ2) is 5.98. The molecule has 0 aliphatic rings. The van der Waals surface area contributed by atoms with E-state index in [4.69, 9.17) is 4.74 Å². The molecule has 94 valence electrons. The van der Waals surface area contributed by atoms with Crippen LogP contribution < -0.4 is 10.1 Å². The number of hydrogen-bond acceptors (Lipinski definition) is 3. The van der Waals surface area contributed by atoms with Crippen LogP contribution in [0.3, 0.4) is 0 Å². The number of aromatic nitrogens is 1. The van der Waals surface area contributed by atoms with Gasteiger partial charge < -0.3 is 10.1 Å². The number of rotatable bonds is 4. The third-order valence-corrected chi connectivity index (χ3v) is 3.26. The molecule has 0 fully saturated rings. The highest BCUT2D eigenvalue weighted by Crippen LogP contribution is 2.27. The van der Waals surface area contributed by atoms with Crippen LogP contribution in [-0.2, 0) is 0 Å². The molecule has 1 aromatic carbocycles. The average molecular weight is 307 g/mol. The maximum atomic E-state index is 5.82. The van der Waals surface area contributed by atoms with Crippen molar-refractivity contribution >= 4 is 15.9 Å². The number of halogens is 1. The first kappa shape index (κ1) is 13.1. The van der Waals surface area contributed by atoms with Gasteiger partial charge in [-0.15, -0.1) is 0 Å². The first-order valence-corrected chi connectivity index (χ1v) is 6.55. The van der Waals surface area contributed by atoms with Gasteiger partial charge in [-0.2, -0.15) is 0 Å². The lowest BCUT2D eigenvalue weighted by Crippen LogP contribution is -2.13. The molecule has 0 spiro atoms. The van der Waals surface area contributed by atoms with Crippen LogP contribution in [0, 0.1) is 0 Å². The molecule has 1 unspecified atom stereocenters. The number of nitrogens with one attached hydrogen (secondary N) is 1. The zero-order valence-electron chi connectivity index (χ0n) is 10.4. The predicted octanol–water partition coefficient (Wildman–Crippen LogP) is 3.92. The fraction of sp³-hybridized carbons (Fsp3) is 0.214. The molecule has 0 saturated carbocycles. The summed E-state index contributed by atoms with van der Waals surface area (Å²) in [4.78, 5) is 4.29. The number of pyridine rings is 1. The Labute approximate surface area is 115 Å². The molecule has 2 rings (SSSR count). The van der Waals surface area contributed by atoms with Crippen LogP contribution in [0.25, 0.3) is 0 Å². The molecule has 0 radical (unpaired) electrons. The van der Waals surface area contributed by atoms with E-state index in [9.17, 15) is 0 Å². The fourth-order valence-electron chi connectivity index (χ4n) is 1.59. The zero-order chi connectivity index (χ0) is 13.0. The van der Waals surface area contributed by atoms with E-state index >= 15 is 0 Å². The summed E-state index contributed by atoms with van der Waals surface area (Å²) in [6.45, 7) is 2.07. The van der Waals surface area contributed by atoms with Crippen molar-refractivity contribution in [2.24, 2.45) is 0 Å². The minimum absolute atomic E-state index is 0.198. The molecule has 1 heterocycles. The Morgan fingerprint density at radius 3 is 2.61 bits per heavy atom. The topological polar surface area (TPSA) is 34.2 Å². The van der Waals surface area contributed by atoms with Gasteiger partial charge >= 0.3 is 0 Å². The Kier molecular flexibility index (Phi) is 4.33. The highest BCUT2D eigenvalue weighted by atomic mass is 79.9. The molecule has 0 amide bonds. The molecule has 4 heteroatoms. The minimum Gasteiger partial charge on any atom is -0.439 e. The third kappa shape index (κ3) is 3.09. The number of nitrogens with zero attached hydrogens (tertiary/aromatic N) is 1. The van der Waals surface area contributed by atoms with Crippen molar-refractivity contribution in [3.05, 3.63) is 52.6 Å². The lowest BCUT2D eigenvalue weighted by atomic mass is 10.1. The normalized spacial score (nSPS) is 12.2. The summed E-state index contributed by atoms with van der Waals surface area (Å²) in [5.74, 6) is 1.42. The van der Waals surface area contributed by atoms with Crippen molar-refractivity contribution in [3.8, 4) is 11.6 Å². The van der Waals surface area contributed by atoms with Gasteiger partial charge in [0.05, 0.1) is 0 Å². The monoisotopic (exact) mass is 306 g/mol. The SMILES string of the molecule is CNC(C)c1cccnc1Oc1ccc(Br)cc1. The maximum Gasteiger partial charge on any atom is 0.223 e. The largest absolute Gasteiger partial charge is 0.439 e. The Morgan fingerprint density at radius 2 is 1.94 bits per heavy atom. The van der Waals surface area contributed by atoms with Gasteiger partial charge in [-0.3, -0.25) is 0 Å². The third-order valence-electron chi connectivity index (χ3n) is 2.73. The highest BCUT2D eigenvalue weighted by Gasteiger charge is 2.11. The summed E-state index contributed by atoms with van der Waals surface area (Å²) in [6.07, 6.45) is 1.74. The van der Waals surface area contributed by atoms with E-state index in [1.54, 1.807) is 6.20 Å². The predicted molar refractivity (Wildman–Crippen MR) is 75.9 cm³/mol. The van der Waals surface area contributed by atoms with Crippen LogP contribution in [0.2, 0.25) is 0 Å². The van der Waals surface area contributed by atoms with E-state index < -0.39 is 0 Å². The van der Waals surface area contributed by atoms with Crippen LogP contribution in [-0.4, -0.2) is 12.0 Å². The molecular weight excluding hydrogens is 292 g/mol. The quantitative estimate of drug-likeness (QED) is 0.929. The van der Waals surface area contributed by atoms with E-state index in [0.29, 0.717) is 5.88 Å². The summed E-state index contributed by atoms with van der Waals surface area (Å²) in [5, 5.41) is 3.19. The van der Waals surface area contributed by atoms with Gasteiger partial charge in [0, 0.05) is 22.3 Å². The first-order chi connectivity index (χ1) is 8.70. The molecule has 2 aromatic rings. The Hall–Kier alpha value is -1.39. The highest BCUT2D eigenvalue weighted by molar-refractivity contribution is 9.10. The molecular formula is C14H15BrN2O. The molecule has 0 aliphatic heterocycles. The van der Waals surface area contributed by atoms with Gasteiger partial charge in [-0.05, 0) is 44.3 Å². The number of ether oxygens (including phenoxy) is 1. The van der Waals surface area contributed by atoms with Crippen LogP contribution in [0.15, 0.2) is 47.1 Å². The van der Waals surface area contributed by atoms with Gasteiger partial charge in [0.1, 0.15) is 5.75 Å². The number of hydrogen-bond donors (Lipinski definition) is 1. The van der Waals surface area contributed by atoms with E-state index in [1.807, 2.05) is 43.4 Å². The molecule has 3 nitrogen and oxygen atoms in total. The first-order valence-electron chi connectivity index (χ1n) is 5.76. The second-order valence-corrected chi connectivity index (χ2v) is 4.88. The van der Waals surface area contributed by atoms with Gasteiger partial charge in [0.15, 0.2) is 0 Å². The molecule has 0 saturated heterocycles. The molecule has 1 atom stereocenters. The van der Waals surface area contributed by atoms with E-state index in [2.05, 4.69) is 33.2 Å². The second-order valence-electron chi connectivity index (χ2n) is 3.96. The summed E-state index contributed by atoms with van der Waals surface area (Å²) in [7, 11) is 1.92. The van der Waals surface area contributed by atoms with Gasteiger partial charge in [0.25, 0.3) is 0 Å². The van der Waals surface area contributed by atoms with Crippen molar-refractivity contribution in [1.82, 2.24) is 10.3 Å². The summed E-state index contributed by atoms with van der Waals surface area (Å²) in [6, 6.07) is 11.8. The Balaban J connectivity index is 2.26. The van der Waals surface area contributed by atoms with Gasteiger partial charge in [-0.25, -0.2) is 4.98 Å². The fourth-order valence-corrected chi connectivity index (χ4v) is 1.85. The van der Waals surface area contributed by atoms with Crippen LogP contribution >= 0.6 is 15.9 Å². The van der Waals surface area contributed by atoms with Crippen molar-refractivity contribution in [2.75, 3.05) is 7.05 Å². The van der Waals surface area contributed by atoms with E-state index in [0.717, 1.165) is 15.8 Å². The van der Waals surface area contributed by atoms with Crippen LogP contribution in [0.5, 0.6) is 11.6 Å². The van der Waals surface area contributed by atoms with Gasteiger partial charge in [0.2, 0.25) is 5.88 Å². The lowest BCUT2D eigenvalue weighted by molar-refractivity contribution is 0.447. The van der Waals surface area contributed by atoms with Crippen LogP contribution in [0.4, 0.5) is 0 Å². The molecule has 18 heavy (non-hydrogen) atoms. The molecule has 1 aromatic heterocycles. The Bertz CT molecular complexity index is 513. The zero-order valence-corrected chi connectivity index (χ0v) is 11.9. The average Bonchev–Trinajstić information content (AvgIpc) is 2.41. The molecule has 1 N–H and O–H groups in total. The lowest BCUT2D eigenvalue weighted by Gasteiger charge is -2.14. The summed E-state index contributed by atoms with van der Waals surface area (Å²) < 4.78 is 6.84. The van der Waals surface area contributed by atoms with Crippen molar-refractivity contribution < 1.29 is 4.74 Å². The van der Waals surface area contributed by atoms with Crippen LogP contribution in [0.1, 0.15) is 18.5 Å². The Morgan fingerprint density at radius 1 is 1.22 bits per heavy atom. The van der Waals surface area contributed by atoms with Crippen molar-refractivity contribution in [1.29, 1.82) is 0 Å². The minimum atomic E-state index is 0.198. The number of benzene rings is 1. The standard InChI is InChI=1S/C14H15BrN2O/c1-10(16-2)13-4-3-9-17-14(13)18-12-7-5-11(15)6-8-12/h3-10,16H,1-2H3.